The molecule has 2 aromatic carbocycles. The molecule has 1 unspecified atom stereocenters. The fraction of sp³-hybridized carbons (Fsp3) is 0.375. The third-order valence-electron chi connectivity index (χ3n) is 6.02. The van der Waals surface area contributed by atoms with Crippen LogP contribution in [0.4, 0.5) is 5.69 Å². The first-order valence-corrected chi connectivity index (χ1v) is 10.5. The zero-order chi connectivity index (χ0) is 21.1. The maximum atomic E-state index is 13.5. The number of benzene rings is 2. The van der Waals surface area contributed by atoms with Gasteiger partial charge in [0.15, 0.2) is 0 Å². The second kappa shape index (κ2) is 8.79. The van der Waals surface area contributed by atoms with E-state index in [0.717, 1.165) is 19.5 Å². The molecule has 2 amide bonds. The summed E-state index contributed by atoms with van der Waals surface area (Å²) in [6, 6.07) is 14.8. The quantitative estimate of drug-likeness (QED) is 0.545. The second-order valence-electron chi connectivity index (χ2n) is 7.65. The van der Waals surface area contributed by atoms with Gasteiger partial charge in [0, 0.05) is 17.8 Å². The standard InChI is InChI=1S/C24H27N3O3/c1-3-26-14-8-9-17(26)15-25-16-20-18-10-4-5-11-19(18)23(28)27(24(20)29)21-12-6-7-13-22(21)30-2/h4-7,10-13,16-17,20H,3,8-9,14-15H2,1-2H3/t17-,20?/m1/s1. The number of rotatable bonds is 6. The topological polar surface area (TPSA) is 62.2 Å². The Morgan fingerprint density at radius 2 is 1.90 bits per heavy atom. The third-order valence-corrected chi connectivity index (χ3v) is 6.02. The lowest BCUT2D eigenvalue weighted by molar-refractivity contribution is -0.118. The first-order chi connectivity index (χ1) is 14.7. The number of aliphatic imine (C=N–C) groups is 1. The van der Waals surface area contributed by atoms with Crippen LogP contribution in [0.15, 0.2) is 53.5 Å². The van der Waals surface area contributed by atoms with Crippen molar-refractivity contribution in [3.8, 4) is 5.75 Å². The van der Waals surface area contributed by atoms with E-state index in [2.05, 4.69) is 16.8 Å². The predicted molar refractivity (Wildman–Crippen MR) is 118 cm³/mol. The van der Waals surface area contributed by atoms with E-state index in [0.29, 0.717) is 35.2 Å². The van der Waals surface area contributed by atoms with Crippen LogP contribution >= 0.6 is 0 Å². The number of likely N-dealkylation sites (tertiary alicyclic amines) is 1. The molecule has 0 bridgehead atoms. The molecule has 0 radical (unpaired) electrons. The molecule has 0 spiro atoms. The molecule has 6 heteroatoms. The Hall–Kier alpha value is -2.99. The number of hydrogen-bond acceptors (Lipinski definition) is 5. The van der Waals surface area contributed by atoms with Crippen molar-refractivity contribution < 1.29 is 14.3 Å². The van der Waals surface area contributed by atoms with Crippen molar-refractivity contribution in [2.24, 2.45) is 4.99 Å². The van der Waals surface area contributed by atoms with Crippen LogP contribution in [-0.4, -0.2) is 55.7 Å². The van der Waals surface area contributed by atoms with Gasteiger partial charge in [0.25, 0.3) is 5.91 Å². The highest BCUT2D eigenvalue weighted by molar-refractivity contribution is 6.29. The van der Waals surface area contributed by atoms with E-state index < -0.39 is 5.92 Å². The largest absolute Gasteiger partial charge is 0.495 e. The lowest BCUT2D eigenvalue weighted by atomic mass is 9.88. The Balaban J connectivity index is 1.67. The van der Waals surface area contributed by atoms with Gasteiger partial charge in [-0.05, 0) is 49.7 Å². The third kappa shape index (κ3) is 3.63. The molecular weight excluding hydrogens is 378 g/mol. The summed E-state index contributed by atoms with van der Waals surface area (Å²) in [5, 5.41) is 0. The van der Waals surface area contributed by atoms with Gasteiger partial charge in [-0.3, -0.25) is 19.5 Å². The molecule has 0 N–H and O–H groups in total. The predicted octanol–water partition coefficient (Wildman–Crippen LogP) is 3.52. The molecule has 4 rings (SSSR count). The monoisotopic (exact) mass is 405 g/mol. The summed E-state index contributed by atoms with van der Waals surface area (Å²) >= 11 is 0. The number of carbonyl (C=O) groups is 2. The van der Waals surface area contributed by atoms with Crippen LogP contribution in [0.1, 0.15) is 41.6 Å². The fourth-order valence-electron chi connectivity index (χ4n) is 4.45. The molecule has 2 aromatic rings. The Labute approximate surface area is 177 Å². The molecule has 30 heavy (non-hydrogen) atoms. The van der Waals surface area contributed by atoms with Gasteiger partial charge in [-0.2, -0.15) is 0 Å². The number of nitrogens with zero attached hydrogens (tertiary/aromatic N) is 3. The average molecular weight is 405 g/mol. The van der Waals surface area contributed by atoms with Crippen molar-refractivity contribution in [3.05, 3.63) is 59.7 Å². The Kier molecular flexibility index (Phi) is 5.95. The Bertz CT molecular complexity index is 972. The molecule has 2 atom stereocenters. The number of para-hydroxylation sites is 2. The fourth-order valence-corrected chi connectivity index (χ4v) is 4.45. The molecule has 2 aliphatic heterocycles. The van der Waals surface area contributed by atoms with Crippen LogP contribution in [-0.2, 0) is 4.79 Å². The number of carbonyl (C=O) groups excluding carboxylic acids is 2. The average Bonchev–Trinajstić information content (AvgIpc) is 3.24. The molecule has 0 aliphatic carbocycles. The van der Waals surface area contributed by atoms with E-state index in [-0.39, 0.29) is 11.8 Å². The van der Waals surface area contributed by atoms with Gasteiger partial charge in [0.05, 0.1) is 25.3 Å². The molecule has 1 saturated heterocycles. The molecule has 156 valence electrons. The second-order valence-corrected chi connectivity index (χ2v) is 7.65. The van der Waals surface area contributed by atoms with E-state index in [1.165, 1.54) is 18.4 Å². The van der Waals surface area contributed by atoms with Crippen LogP contribution in [0.3, 0.4) is 0 Å². The normalized spacial score (nSPS) is 22.0. The lowest BCUT2D eigenvalue weighted by Gasteiger charge is -2.31. The summed E-state index contributed by atoms with van der Waals surface area (Å²) in [4.78, 5) is 35.0. The van der Waals surface area contributed by atoms with E-state index in [9.17, 15) is 9.59 Å². The van der Waals surface area contributed by atoms with E-state index in [1.807, 2.05) is 24.3 Å². The number of methoxy groups -OCH3 is 1. The molecular formula is C24H27N3O3. The maximum absolute atomic E-state index is 13.5. The van der Waals surface area contributed by atoms with Crippen molar-refractivity contribution in [2.75, 3.05) is 31.6 Å². The number of fused-ring (bicyclic) bond motifs is 1. The first-order valence-electron chi connectivity index (χ1n) is 10.5. The van der Waals surface area contributed by atoms with Gasteiger partial charge in [-0.15, -0.1) is 0 Å². The smallest absolute Gasteiger partial charge is 0.265 e. The van der Waals surface area contributed by atoms with Crippen LogP contribution < -0.4 is 9.64 Å². The zero-order valence-electron chi connectivity index (χ0n) is 17.5. The van der Waals surface area contributed by atoms with Crippen LogP contribution in [0.5, 0.6) is 5.75 Å². The summed E-state index contributed by atoms with van der Waals surface area (Å²) in [5.41, 5.74) is 1.69. The number of hydrogen-bond donors (Lipinski definition) is 0. The summed E-state index contributed by atoms with van der Waals surface area (Å²) in [5.74, 6) is -0.748. The number of likely N-dealkylation sites (N-methyl/N-ethyl adjacent to an activating group) is 1. The molecule has 2 aliphatic rings. The SMILES string of the molecule is CCN1CCC[C@@H]1CN=CC1C(=O)N(c2ccccc2OC)C(=O)c2ccccc21. The Morgan fingerprint density at radius 3 is 2.70 bits per heavy atom. The Morgan fingerprint density at radius 1 is 1.13 bits per heavy atom. The molecule has 1 fully saturated rings. The molecule has 0 aromatic heterocycles. The lowest BCUT2D eigenvalue weighted by Crippen LogP contribution is -2.45. The molecule has 2 heterocycles. The van der Waals surface area contributed by atoms with Gasteiger partial charge in [0.1, 0.15) is 5.75 Å². The summed E-state index contributed by atoms with van der Waals surface area (Å²) in [7, 11) is 1.53. The number of ether oxygens (including phenoxy) is 1. The van der Waals surface area contributed by atoms with E-state index in [4.69, 9.17) is 4.74 Å². The molecule has 6 nitrogen and oxygen atoms in total. The minimum absolute atomic E-state index is 0.300. The summed E-state index contributed by atoms with van der Waals surface area (Å²) in [6.45, 7) is 4.96. The van der Waals surface area contributed by atoms with Gasteiger partial charge < -0.3 is 4.74 Å². The van der Waals surface area contributed by atoms with E-state index >= 15 is 0 Å². The minimum atomic E-state index is -0.597. The van der Waals surface area contributed by atoms with Crippen LogP contribution in [0, 0.1) is 0 Å². The minimum Gasteiger partial charge on any atom is -0.495 e. The van der Waals surface area contributed by atoms with Crippen molar-refractivity contribution in [1.82, 2.24) is 4.90 Å². The zero-order valence-corrected chi connectivity index (χ0v) is 17.5. The summed E-state index contributed by atoms with van der Waals surface area (Å²) in [6.07, 6.45) is 4.05. The highest BCUT2D eigenvalue weighted by atomic mass is 16.5. The highest BCUT2D eigenvalue weighted by Crippen LogP contribution is 2.36. The van der Waals surface area contributed by atoms with Gasteiger partial charge in [-0.1, -0.05) is 37.3 Å². The number of amides is 2. The van der Waals surface area contributed by atoms with Crippen LogP contribution in [0.2, 0.25) is 0 Å². The molecule has 0 saturated carbocycles. The van der Waals surface area contributed by atoms with Gasteiger partial charge in [0.2, 0.25) is 5.91 Å². The number of anilines is 1. The van der Waals surface area contributed by atoms with Crippen molar-refractivity contribution in [2.45, 2.75) is 31.7 Å². The van der Waals surface area contributed by atoms with Crippen molar-refractivity contribution >= 4 is 23.7 Å². The van der Waals surface area contributed by atoms with Gasteiger partial charge in [-0.25, -0.2) is 4.90 Å². The van der Waals surface area contributed by atoms with Crippen molar-refractivity contribution in [3.63, 3.8) is 0 Å². The van der Waals surface area contributed by atoms with Crippen LogP contribution in [0.25, 0.3) is 0 Å². The van der Waals surface area contributed by atoms with Crippen molar-refractivity contribution in [1.29, 1.82) is 0 Å². The van der Waals surface area contributed by atoms with E-state index in [1.54, 1.807) is 30.5 Å². The highest BCUT2D eigenvalue weighted by Gasteiger charge is 2.39. The number of imide groups is 1. The maximum Gasteiger partial charge on any atom is 0.265 e. The summed E-state index contributed by atoms with van der Waals surface area (Å²) < 4.78 is 5.41. The van der Waals surface area contributed by atoms with Gasteiger partial charge >= 0.3 is 0 Å². The first kappa shape index (κ1) is 20.3.